The number of carbonyl (C=O) groups excluding carboxylic acids is 3. The van der Waals surface area contributed by atoms with Crippen LogP contribution in [0.2, 0.25) is 15.1 Å². The van der Waals surface area contributed by atoms with Crippen LogP contribution in [0.1, 0.15) is 38.7 Å². The summed E-state index contributed by atoms with van der Waals surface area (Å²) in [5.74, 6) is -1.72. The number of rotatable bonds is 7. The minimum Gasteiger partial charge on any atom is -0.359 e. The van der Waals surface area contributed by atoms with Crippen LogP contribution in [0.4, 0.5) is 5.69 Å². The van der Waals surface area contributed by atoms with Gasteiger partial charge in [-0.3, -0.25) is 14.4 Å². The first kappa shape index (κ1) is 29.5. The molecule has 7 nitrogen and oxygen atoms in total. The van der Waals surface area contributed by atoms with Crippen LogP contribution in [0.25, 0.3) is 0 Å². The number of hydrogen-bond acceptors (Lipinski definition) is 4. The molecule has 4 aliphatic rings. The SMILES string of the molecule is CC1CCCC(NC(=O)C2N(CCc3ccc(Cl)cc3)C(=O)C3C(C(=O)Nc4cc(Cl)cc(Cl)c4)C4C=CC32O4)C1C. The summed E-state index contributed by atoms with van der Waals surface area (Å²) in [6.45, 7) is 4.69. The Morgan fingerprint density at radius 3 is 2.43 bits per heavy atom. The number of halogens is 3. The van der Waals surface area contributed by atoms with Gasteiger partial charge in [0.25, 0.3) is 0 Å². The molecule has 1 saturated carbocycles. The first-order valence-electron chi connectivity index (χ1n) is 14.6. The number of hydrogen-bond donors (Lipinski definition) is 2. The van der Waals surface area contributed by atoms with Crippen LogP contribution in [0.15, 0.2) is 54.6 Å². The zero-order chi connectivity index (χ0) is 29.8. The number of benzene rings is 2. The fraction of sp³-hybridized carbons (Fsp3) is 0.469. The summed E-state index contributed by atoms with van der Waals surface area (Å²) in [7, 11) is 0. The first-order valence-corrected chi connectivity index (χ1v) is 15.7. The van der Waals surface area contributed by atoms with Gasteiger partial charge in [0.15, 0.2) is 0 Å². The molecule has 0 aromatic heterocycles. The molecule has 42 heavy (non-hydrogen) atoms. The zero-order valence-corrected chi connectivity index (χ0v) is 25.8. The Bertz CT molecular complexity index is 1410. The molecule has 3 aliphatic heterocycles. The molecule has 1 aliphatic carbocycles. The molecule has 2 aromatic carbocycles. The average molecular weight is 631 g/mol. The highest BCUT2D eigenvalue weighted by molar-refractivity contribution is 6.35. The predicted octanol–water partition coefficient (Wildman–Crippen LogP) is 5.92. The average Bonchev–Trinajstić information content (AvgIpc) is 3.57. The van der Waals surface area contributed by atoms with E-state index in [2.05, 4.69) is 24.5 Å². The summed E-state index contributed by atoms with van der Waals surface area (Å²) >= 11 is 18.4. The summed E-state index contributed by atoms with van der Waals surface area (Å²) in [5.41, 5.74) is 0.185. The standard InChI is InChI=1S/C32H34Cl3N3O4/c1-17-4-3-5-24(18(17)2)37-30(40)28-32-12-10-25(42-32)26(29(39)36-23-15-21(34)14-22(35)16-23)27(32)31(41)38(28)13-11-19-6-8-20(33)9-7-19/h6-10,12,14-18,24-28H,3-5,11,13H2,1-2H3,(H,36,39)(H,37,40). The molecular formula is C32H34Cl3N3O4. The van der Waals surface area contributed by atoms with Crippen LogP contribution in [-0.2, 0) is 25.5 Å². The molecular weight excluding hydrogens is 597 g/mol. The lowest BCUT2D eigenvalue weighted by Crippen LogP contribution is -2.58. The number of nitrogens with zero attached hydrogens (tertiary/aromatic N) is 1. The van der Waals surface area contributed by atoms with Crippen molar-refractivity contribution < 1.29 is 19.1 Å². The van der Waals surface area contributed by atoms with Gasteiger partial charge in [-0.2, -0.15) is 0 Å². The summed E-state index contributed by atoms with van der Waals surface area (Å²) in [5, 5.41) is 7.55. The van der Waals surface area contributed by atoms with Crippen molar-refractivity contribution >= 4 is 58.2 Å². The molecule has 2 saturated heterocycles. The van der Waals surface area contributed by atoms with Gasteiger partial charge in [-0.25, -0.2) is 0 Å². The minimum atomic E-state index is -1.23. The van der Waals surface area contributed by atoms with Crippen LogP contribution < -0.4 is 10.6 Å². The van der Waals surface area contributed by atoms with Gasteiger partial charge in [-0.1, -0.05) is 85.8 Å². The van der Waals surface area contributed by atoms with Gasteiger partial charge in [-0.15, -0.1) is 0 Å². The van der Waals surface area contributed by atoms with Crippen molar-refractivity contribution in [3.63, 3.8) is 0 Å². The molecule has 3 fully saturated rings. The monoisotopic (exact) mass is 629 g/mol. The second-order valence-electron chi connectivity index (χ2n) is 12.1. The van der Waals surface area contributed by atoms with E-state index in [0.29, 0.717) is 45.6 Å². The molecule has 2 aromatic rings. The third-order valence-electron chi connectivity index (χ3n) is 9.64. The summed E-state index contributed by atoms with van der Waals surface area (Å²) in [4.78, 5) is 43.7. The highest BCUT2D eigenvalue weighted by Gasteiger charge is 2.72. The van der Waals surface area contributed by atoms with Gasteiger partial charge in [0.2, 0.25) is 17.7 Å². The van der Waals surface area contributed by atoms with Gasteiger partial charge in [0.05, 0.1) is 17.9 Å². The van der Waals surface area contributed by atoms with E-state index in [9.17, 15) is 14.4 Å². The molecule has 8 unspecified atom stereocenters. The number of nitrogens with one attached hydrogen (secondary N) is 2. The third kappa shape index (κ3) is 5.23. The number of likely N-dealkylation sites (tertiary alicyclic amines) is 1. The van der Waals surface area contributed by atoms with Crippen molar-refractivity contribution in [3.8, 4) is 0 Å². The zero-order valence-electron chi connectivity index (χ0n) is 23.5. The number of anilines is 1. The fourth-order valence-electron chi connectivity index (χ4n) is 7.31. The second-order valence-corrected chi connectivity index (χ2v) is 13.4. The Morgan fingerprint density at radius 1 is 1.00 bits per heavy atom. The lowest BCUT2D eigenvalue weighted by Gasteiger charge is -2.38. The Hall–Kier alpha value is -2.58. The largest absolute Gasteiger partial charge is 0.359 e. The first-order chi connectivity index (χ1) is 20.1. The van der Waals surface area contributed by atoms with Crippen molar-refractivity contribution in [2.75, 3.05) is 11.9 Å². The molecule has 8 atom stereocenters. The number of fused-ring (bicyclic) bond motifs is 1. The fourth-order valence-corrected chi connectivity index (χ4v) is 7.96. The van der Waals surface area contributed by atoms with Crippen LogP contribution in [-0.4, -0.2) is 53.0 Å². The van der Waals surface area contributed by atoms with E-state index in [0.717, 1.165) is 24.8 Å². The van der Waals surface area contributed by atoms with Gasteiger partial charge < -0.3 is 20.3 Å². The Balaban J connectivity index is 1.30. The topological polar surface area (TPSA) is 87.7 Å². The van der Waals surface area contributed by atoms with Gasteiger partial charge in [0.1, 0.15) is 11.6 Å². The quantitative estimate of drug-likeness (QED) is 0.372. The van der Waals surface area contributed by atoms with Crippen LogP contribution in [0.5, 0.6) is 0 Å². The van der Waals surface area contributed by atoms with Crippen molar-refractivity contribution in [2.45, 2.75) is 63.3 Å². The van der Waals surface area contributed by atoms with Crippen LogP contribution in [0, 0.1) is 23.7 Å². The molecule has 3 heterocycles. The highest BCUT2D eigenvalue weighted by atomic mass is 35.5. The maximum atomic E-state index is 14.2. The lowest BCUT2D eigenvalue weighted by molar-refractivity contribution is -0.141. The Morgan fingerprint density at radius 2 is 1.71 bits per heavy atom. The molecule has 10 heteroatoms. The van der Waals surface area contributed by atoms with Gasteiger partial charge >= 0.3 is 0 Å². The summed E-state index contributed by atoms with van der Waals surface area (Å²) in [6, 6.07) is 11.3. The lowest BCUT2D eigenvalue weighted by atomic mass is 9.73. The van der Waals surface area contributed by atoms with Crippen molar-refractivity contribution in [1.29, 1.82) is 0 Å². The summed E-state index contributed by atoms with van der Waals surface area (Å²) < 4.78 is 6.48. The maximum Gasteiger partial charge on any atom is 0.246 e. The molecule has 222 valence electrons. The molecule has 2 N–H and O–H groups in total. The Kier molecular flexibility index (Phi) is 8.07. The second kappa shape index (κ2) is 11.5. The molecule has 2 bridgehead atoms. The van der Waals surface area contributed by atoms with Crippen molar-refractivity contribution in [1.82, 2.24) is 10.2 Å². The number of amides is 3. The van der Waals surface area contributed by atoms with E-state index >= 15 is 0 Å². The van der Waals surface area contributed by atoms with E-state index in [1.54, 1.807) is 23.1 Å². The summed E-state index contributed by atoms with van der Waals surface area (Å²) in [6.07, 6.45) is 6.62. The number of ether oxygens (including phenoxy) is 1. The molecule has 3 amide bonds. The Labute approximate surface area is 260 Å². The molecule has 1 spiro atoms. The minimum absolute atomic E-state index is 0.0131. The third-order valence-corrected chi connectivity index (χ3v) is 10.3. The van der Waals surface area contributed by atoms with Crippen molar-refractivity contribution in [3.05, 3.63) is 75.2 Å². The van der Waals surface area contributed by atoms with E-state index in [4.69, 9.17) is 39.5 Å². The smallest absolute Gasteiger partial charge is 0.246 e. The van der Waals surface area contributed by atoms with Crippen LogP contribution in [0.3, 0.4) is 0 Å². The van der Waals surface area contributed by atoms with Gasteiger partial charge in [-0.05, 0) is 60.6 Å². The normalized spacial score (nSPS) is 33.1. The maximum absolute atomic E-state index is 14.2. The van der Waals surface area contributed by atoms with Gasteiger partial charge in [0, 0.05) is 33.3 Å². The van der Waals surface area contributed by atoms with E-state index in [1.165, 1.54) is 0 Å². The van der Waals surface area contributed by atoms with Crippen molar-refractivity contribution in [2.24, 2.45) is 23.7 Å². The van der Waals surface area contributed by atoms with E-state index in [-0.39, 0.29) is 23.8 Å². The molecule has 6 rings (SSSR count). The van der Waals surface area contributed by atoms with E-state index in [1.807, 2.05) is 36.4 Å². The highest BCUT2D eigenvalue weighted by Crippen LogP contribution is 2.55. The predicted molar refractivity (Wildman–Crippen MR) is 164 cm³/mol. The molecule has 0 radical (unpaired) electrons. The van der Waals surface area contributed by atoms with E-state index < -0.39 is 29.6 Å². The van der Waals surface area contributed by atoms with Crippen LogP contribution >= 0.6 is 34.8 Å². The number of carbonyl (C=O) groups is 3.